The number of carbonyl (C=O) groups is 1. The average molecular weight is 277 g/mol. The zero-order chi connectivity index (χ0) is 14.4. The number of rotatable bonds is 5. The van der Waals surface area contributed by atoms with Gasteiger partial charge in [-0.3, -0.25) is 4.79 Å². The molecule has 0 aliphatic heterocycles. The van der Waals surface area contributed by atoms with Crippen molar-refractivity contribution >= 4 is 5.91 Å². The fraction of sp³-hybridized carbons (Fsp3) is 0.562. The van der Waals surface area contributed by atoms with Crippen molar-refractivity contribution in [3.63, 3.8) is 0 Å². The molecule has 1 fully saturated rings. The zero-order valence-corrected chi connectivity index (χ0v) is 12.0. The molecule has 0 aromatic heterocycles. The number of carbonyl (C=O) groups excluding carboxylic acids is 1. The highest BCUT2D eigenvalue weighted by Crippen LogP contribution is 2.27. The van der Waals surface area contributed by atoms with Gasteiger partial charge in [-0.05, 0) is 31.9 Å². The Labute approximate surface area is 120 Å². The first-order valence-electron chi connectivity index (χ1n) is 7.26. The summed E-state index contributed by atoms with van der Waals surface area (Å²) in [5, 5.41) is 13.0. The van der Waals surface area contributed by atoms with E-state index in [0.717, 1.165) is 31.2 Å². The minimum absolute atomic E-state index is 0.0147. The summed E-state index contributed by atoms with van der Waals surface area (Å²) >= 11 is 0. The van der Waals surface area contributed by atoms with Gasteiger partial charge in [-0.25, -0.2) is 0 Å². The second kappa shape index (κ2) is 6.75. The van der Waals surface area contributed by atoms with Gasteiger partial charge in [-0.15, -0.1) is 0 Å². The van der Waals surface area contributed by atoms with Crippen molar-refractivity contribution < 1.29 is 14.6 Å². The molecule has 1 aliphatic rings. The Balaban J connectivity index is 1.71. The first kappa shape index (κ1) is 14.9. The van der Waals surface area contributed by atoms with Crippen LogP contribution in [0.3, 0.4) is 0 Å². The molecule has 0 unspecified atom stereocenters. The van der Waals surface area contributed by atoms with Gasteiger partial charge in [0.25, 0.3) is 5.91 Å². The van der Waals surface area contributed by atoms with Crippen molar-refractivity contribution in [1.29, 1.82) is 0 Å². The lowest BCUT2D eigenvalue weighted by atomic mass is 9.85. The van der Waals surface area contributed by atoms with Crippen molar-refractivity contribution in [3.05, 3.63) is 29.8 Å². The van der Waals surface area contributed by atoms with Gasteiger partial charge in [0.05, 0.1) is 5.60 Å². The summed E-state index contributed by atoms with van der Waals surface area (Å²) in [6.07, 6.45) is 4.78. The zero-order valence-electron chi connectivity index (χ0n) is 12.0. The molecule has 1 aliphatic carbocycles. The number of amides is 1. The summed E-state index contributed by atoms with van der Waals surface area (Å²) in [6, 6.07) is 7.57. The molecule has 0 atom stereocenters. The molecule has 2 rings (SSSR count). The lowest BCUT2D eigenvalue weighted by Gasteiger charge is -2.32. The summed E-state index contributed by atoms with van der Waals surface area (Å²) in [4.78, 5) is 11.7. The number of aliphatic hydroxyl groups is 1. The molecule has 0 saturated heterocycles. The molecule has 0 radical (unpaired) electrons. The van der Waals surface area contributed by atoms with Crippen LogP contribution in [0, 0.1) is 6.92 Å². The standard InChI is InChI=1S/C16H23NO3/c1-13-5-7-14(8-6-13)20-11-15(18)17-12-16(19)9-3-2-4-10-16/h5-8,19H,2-4,9-12H2,1H3,(H,17,18). The van der Waals surface area contributed by atoms with E-state index in [1.165, 1.54) is 6.42 Å². The predicted octanol–water partition coefficient (Wildman–Crippen LogP) is 2.19. The van der Waals surface area contributed by atoms with E-state index < -0.39 is 5.60 Å². The van der Waals surface area contributed by atoms with Gasteiger partial charge in [0.2, 0.25) is 0 Å². The molecule has 20 heavy (non-hydrogen) atoms. The topological polar surface area (TPSA) is 58.6 Å². The first-order valence-corrected chi connectivity index (χ1v) is 7.26. The van der Waals surface area contributed by atoms with Crippen LogP contribution in [0.1, 0.15) is 37.7 Å². The monoisotopic (exact) mass is 277 g/mol. The molecule has 0 spiro atoms. The number of hydrogen-bond acceptors (Lipinski definition) is 3. The highest BCUT2D eigenvalue weighted by molar-refractivity contribution is 5.77. The SMILES string of the molecule is Cc1ccc(OCC(=O)NCC2(O)CCCCC2)cc1. The van der Waals surface area contributed by atoms with E-state index in [9.17, 15) is 9.90 Å². The average Bonchev–Trinajstić information content (AvgIpc) is 2.45. The van der Waals surface area contributed by atoms with Crippen molar-refractivity contribution in [2.24, 2.45) is 0 Å². The second-order valence-electron chi connectivity index (χ2n) is 5.66. The Morgan fingerprint density at radius 2 is 1.90 bits per heavy atom. The van der Waals surface area contributed by atoms with Gasteiger partial charge in [-0.1, -0.05) is 37.0 Å². The Hall–Kier alpha value is -1.55. The third-order valence-corrected chi connectivity index (χ3v) is 3.79. The van der Waals surface area contributed by atoms with Crippen molar-refractivity contribution in [1.82, 2.24) is 5.32 Å². The van der Waals surface area contributed by atoms with Crippen LogP contribution >= 0.6 is 0 Å². The number of ether oxygens (including phenoxy) is 1. The normalized spacial score (nSPS) is 17.5. The minimum Gasteiger partial charge on any atom is -0.484 e. The van der Waals surface area contributed by atoms with Gasteiger partial charge >= 0.3 is 0 Å². The number of benzene rings is 1. The molecular weight excluding hydrogens is 254 g/mol. The first-order chi connectivity index (χ1) is 9.57. The van der Waals surface area contributed by atoms with Crippen LogP contribution in [0.4, 0.5) is 0 Å². The van der Waals surface area contributed by atoms with E-state index in [4.69, 9.17) is 4.74 Å². The molecule has 4 heteroatoms. The maximum atomic E-state index is 11.7. The van der Waals surface area contributed by atoms with Crippen LogP contribution in [-0.2, 0) is 4.79 Å². The largest absolute Gasteiger partial charge is 0.484 e. The lowest BCUT2D eigenvalue weighted by Crippen LogP contribution is -2.45. The minimum atomic E-state index is -0.724. The summed E-state index contributed by atoms with van der Waals surface area (Å²) < 4.78 is 5.40. The van der Waals surface area contributed by atoms with E-state index in [0.29, 0.717) is 12.3 Å². The maximum absolute atomic E-state index is 11.7. The lowest BCUT2D eigenvalue weighted by molar-refractivity contribution is -0.124. The predicted molar refractivity (Wildman–Crippen MR) is 77.7 cm³/mol. The number of nitrogens with one attached hydrogen (secondary N) is 1. The van der Waals surface area contributed by atoms with Gasteiger partial charge in [0.1, 0.15) is 5.75 Å². The summed E-state index contributed by atoms with van der Waals surface area (Å²) in [6.45, 7) is 2.31. The van der Waals surface area contributed by atoms with Crippen LogP contribution < -0.4 is 10.1 Å². The Bertz CT molecular complexity index is 436. The molecule has 1 amide bonds. The molecule has 4 nitrogen and oxygen atoms in total. The van der Waals surface area contributed by atoms with Crippen molar-refractivity contribution in [2.45, 2.75) is 44.6 Å². The molecule has 1 aromatic carbocycles. The highest BCUT2D eigenvalue weighted by atomic mass is 16.5. The molecule has 1 aromatic rings. The number of aryl methyl sites for hydroxylation is 1. The van der Waals surface area contributed by atoms with Crippen LogP contribution in [-0.4, -0.2) is 29.8 Å². The van der Waals surface area contributed by atoms with E-state index >= 15 is 0 Å². The van der Waals surface area contributed by atoms with E-state index in [-0.39, 0.29) is 12.5 Å². The van der Waals surface area contributed by atoms with E-state index in [1.54, 1.807) is 0 Å². The van der Waals surface area contributed by atoms with Gasteiger partial charge in [-0.2, -0.15) is 0 Å². The van der Waals surface area contributed by atoms with Crippen molar-refractivity contribution in [3.8, 4) is 5.75 Å². The van der Waals surface area contributed by atoms with Crippen molar-refractivity contribution in [2.75, 3.05) is 13.2 Å². The van der Waals surface area contributed by atoms with Gasteiger partial charge in [0, 0.05) is 6.54 Å². The summed E-state index contributed by atoms with van der Waals surface area (Å²) in [5.74, 6) is 0.492. The van der Waals surface area contributed by atoms with Crippen LogP contribution in [0.2, 0.25) is 0 Å². The Morgan fingerprint density at radius 1 is 1.25 bits per heavy atom. The van der Waals surface area contributed by atoms with Crippen LogP contribution in [0.15, 0.2) is 24.3 Å². The fourth-order valence-electron chi connectivity index (χ4n) is 2.48. The third kappa shape index (κ3) is 4.53. The molecule has 2 N–H and O–H groups in total. The molecule has 0 bridgehead atoms. The summed E-state index contributed by atoms with van der Waals surface area (Å²) in [5.41, 5.74) is 0.430. The van der Waals surface area contributed by atoms with Gasteiger partial charge < -0.3 is 15.2 Å². The highest BCUT2D eigenvalue weighted by Gasteiger charge is 2.29. The fourth-order valence-corrected chi connectivity index (χ4v) is 2.48. The second-order valence-corrected chi connectivity index (χ2v) is 5.66. The Kier molecular flexibility index (Phi) is 5.01. The smallest absolute Gasteiger partial charge is 0.258 e. The van der Waals surface area contributed by atoms with Gasteiger partial charge in [0.15, 0.2) is 6.61 Å². The molecular formula is C16H23NO3. The quantitative estimate of drug-likeness (QED) is 0.867. The summed E-state index contributed by atoms with van der Waals surface area (Å²) in [7, 11) is 0. The number of hydrogen-bond donors (Lipinski definition) is 2. The third-order valence-electron chi connectivity index (χ3n) is 3.79. The maximum Gasteiger partial charge on any atom is 0.258 e. The molecule has 110 valence electrons. The van der Waals surface area contributed by atoms with Crippen LogP contribution in [0.25, 0.3) is 0 Å². The molecule has 1 saturated carbocycles. The molecule has 0 heterocycles. The van der Waals surface area contributed by atoms with E-state index in [1.807, 2.05) is 31.2 Å². The Morgan fingerprint density at radius 3 is 2.55 bits per heavy atom. The van der Waals surface area contributed by atoms with Crippen LogP contribution in [0.5, 0.6) is 5.75 Å². The van der Waals surface area contributed by atoms with E-state index in [2.05, 4.69) is 5.32 Å².